The number of likely N-dealkylation sites (tertiary alicyclic amines) is 1. The molecule has 1 saturated heterocycles. The summed E-state index contributed by atoms with van der Waals surface area (Å²) in [5.74, 6) is 0.165. The second-order valence-electron chi connectivity index (χ2n) is 10.6. The Morgan fingerprint density at radius 1 is 1.19 bits per heavy atom. The fourth-order valence-electron chi connectivity index (χ4n) is 3.81. The maximum atomic E-state index is 13.4. The van der Waals surface area contributed by atoms with Crippen molar-refractivity contribution < 1.29 is 18.0 Å². The van der Waals surface area contributed by atoms with E-state index in [2.05, 4.69) is 42.6 Å². The molecule has 1 aliphatic rings. The fraction of sp³-hybridized carbons (Fsp3) is 0.773. The largest absolute Gasteiger partial charge is 0.390 e. The van der Waals surface area contributed by atoms with Crippen molar-refractivity contribution in [1.82, 2.24) is 19.8 Å². The van der Waals surface area contributed by atoms with E-state index in [1.54, 1.807) is 0 Å². The molecule has 0 spiro atoms. The van der Waals surface area contributed by atoms with Crippen molar-refractivity contribution in [2.24, 2.45) is 5.92 Å². The molecule has 1 aromatic rings. The maximum absolute atomic E-state index is 13.4. The molecule has 2 heterocycles. The van der Waals surface area contributed by atoms with E-state index in [4.69, 9.17) is 11.6 Å². The van der Waals surface area contributed by atoms with Crippen LogP contribution in [0.5, 0.6) is 0 Å². The molecule has 31 heavy (non-hydrogen) atoms. The van der Waals surface area contributed by atoms with E-state index in [1.165, 1.54) is 11.1 Å². The van der Waals surface area contributed by atoms with Crippen molar-refractivity contribution in [3.8, 4) is 0 Å². The standard InChI is InChI=1S/C22H34ClF3N4O/c1-14-10-15(13-29(12-14)21(5,6)7)30(9-8-22(24,25)26)18(31)16-11-27-19(20(2,3)4)28-17(16)23/h11,14-15H,8-10,12-13H2,1-7H3/t14-,15+/m1/s1. The Hall–Kier alpha value is -1.41. The van der Waals surface area contributed by atoms with Gasteiger partial charge in [-0.3, -0.25) is 9.69 Å². The Morgan fingerprint density at radius 3 is 2.29 bits per heavy atom. The molecule has 2 atom stereocenters. The Balaban J connectivity index is 2.38. The molecule has 0 aliphatic carbocycles. The van der Waals surface area contributed by atoms with E-state index < -0.39 is 25.0 Å². The van der Waals surface area contributed by atoms with Crippen molar-refractivity contribution in [1.29, 1.82) is 0 Å². The average molecular weight is 463 g/mol. The molecule has 0 unspecified atom stereocenters. The molecule has 2 rings (SSSR count). The minimum Gasteiger partial charge on any atom is -0.334 e. The van der Waals surface area contributed by atoms with Gasteiger partial charge in [-0.1, -0.05) is 39.3 Å². The van der Waals surface area contributed by atoms with Crippen LogP contribution >= 0.6 is 11.6 Å². The van der Waals surface area contributed by atoms with Gasteiger partial charge in [0.2, 0.25) is 0 Å². The Labute approximate surface area is 188 Å². The van der Waals surface area contributed by atoms with Gasteiger partial charge in [-0.05, 0) is 33.1 Å². The predicted molar refractivity (Wildman–Crippen MR) is 116 cm³/mol. The first kappa shape index (κ1) is 25.8. The number of hydrogen-bond acceptors (Lipinski definition) is 4. The lowest BCUT2D eigenvalue weighted by Gasteiger charge is -2.47. The molecule has 1 fully saturated rings. The van der Waals surface area contributed by atoms with Crippen molar-refractivity contribution in [3.05, 3.63) is 22.7 Å². The highest BCUT2D eigenvalue weighted by molar-refractivity contribution is 6.32. The van der Waals surface area contributed by atoms with Gasteiger partial charge in [0.15, 0.2) is 0 Å². The van der Waals surface area contributed by atoms with Gasteiger partial charge in [-0.15, -0.1) is 0 Å². The summed E-state index contributed by atoms with van der Waals surface area (Å²) in [6.07, 6.45) is -3.46. The second kappa shape index (κ2) is 9.22. The molecule has 0 saturated carbocycles. The van der Waals surface area contributed by atoms with Gasteiger partial charge in [-0.25, -0.2) is 9.97 Å². The molecule has 176 valence electrons. The van der Waals surface area contributed by atoms with Gasteiger partial charge < -0.3 is 4.90 Å². The summed E-state index contributed by atoms with van der Waals surface area (Å²) in [6, 6.07) is -0.351. The third-order valence-electron chi connectivity index (χ3n) is 5.57. The third-order valence-corrected chi connectivity index (χ3v) is 5.86. The normalized spacial score (nSPS) is 21.3. The van der Waals surface area contributed by atoms with Crippen LogP contribution in [0.2, 0.25) is 5.15 Å². The van der Waals surface area contributed by atoms with E-state index in [-0.39, 0.29) is 33.6 Å². The summed E-state index contributed by atoms with van der Waals surface area (Å²) in [5.41, 5.74) is -0.481. The first-order chi connectivity index (χ1) is 14.0. The summed E-state index contributed by atoms with van der Waals surface area (Å²) in [5, 5.41) is -0.0292. The summed E-state index contributed by atoms with van der Waals surface area (Å²) in [4.78, 5) is 25.4. The number of carbonyl (C=O) groups excluding carboxylic acids is 1. The molecule has 9 heteroatoms. The van der Waals surface area contributed by atoms with Crippen molar-refractivity contribution in [2.75, 3.05) is 19.6 Å². The van der Waals surface area contributed by atoms with Crippen LogP contribution in [-0.2, 0) is 5.41 Å². The Kier molecular flexibility index (Phi) is 7.69. The monoisotopic (exact) mass is 462 g/mol. The van der Waals surface area contributed by atoms with Gasteiger partial charge in [0, 0.05) is 42.8 Å². The quantitative estimate of drug-likeness (QED) is 0.567. The zero-order valence-corrected chi connectivity index (χ0v) is 20.2. The van der Waals surface area contributed by atoms with Gasteiger partial charge in [0.1, 0.15) is 11.0 Å². The highest BCUT2D eigenvalue weighted by atomic mass is 35.5. The van der Waals surface area contributed by atoms with Gasteiger partial charge >= 0.3 is 6.18 Å². The van der Waals surface area contributed by atoms with Crippen molar-refractivity contribution in [3.63, 3.8) is 0 Å². The molecule has 1 amide bonds. The summed E-state index contributed by atoms with van der Waals surface area (Å²) < 4.78 is 39.2. The molecule has 0 N–H and O–H groups in total. The Bertz CT molecular complexity index is 786. The van der Waals surface area contributed by atoms with E-state index in [0.29, 0.717) is 18.8 Å². The van der Waals surface area contributed by atoms with Crippen molar-refractivity contribution in [2.45, 2.75) is 84.5 Å². The van der Waals surface area contributed by atoms with Gasteiger partial charge in [-0.2, -0.15) is 13.2 Å². The first-order valence-electron chi connectivity index (χ1n) is 10.6. The number of carbonyl (C=O) groups is 1. The molecule has 1 aliphatic heterocycles. The van der Waals surface area contributed by atoms with Crippen LogP contribution in [0.3, 0.4) is 0 Å². The predicted octanol–water partition coefficient (Wildman–Crippen LogP) is 5.33. The van der Waals surface area contributed by atoms with E-state index in [1.807, 2.05) is 20.8 Å². The minimum atomic E-state index is -4.36. The molecule has 0 aromatic carbocycles. The van der Waals surface area contributed by atoms with Crippen LogP contribution in [0, 0.1) is 5.92 Å². The van der Waals surface area contributed by atoms with Crippen molar-refractivity contribution >= 4 is 17.5 Å². The highest BCUT2D eigenvalue weighted by Gasteiger charge is 2.38. The average Bonchev–Trinajstić information content (AvgIpc) is 2.58. The SMILES string of the molecule is C[C@@H]1C[C@H](N(CCC(F)(F)F)C(=O)c2cnc(C(C)(C)C)nc2Cl)CN(C(C)(C)C)C1. The zero-order chi connectivity index (χ0) is 23.8. The fourth-order valence-corrected chi connectivity index (χ4v) is 4.02. The Morgan fingerprint density at radius 2 is 1.81 bits per heavy atom. The molecule has 1 aromatic heterocycles. The lowest BCUT2D eigenvalue weighted by molar-refractivity contribution is -0.138. The maximum Gasteiger partial charge on any atom is 0.390 e. The van der Waals surface area contributed by atoms with Crippen LogP contribution in [0.1, 0.15) is 77.5 Å². The summed E-state index contributed by atoms with van der Waals surface area (Å²) in [6.45, 7) is 14.9. The molecule has 5 nitrogen and oxygen atoms in total. The van der Waals surface area contributed by atoms with Crippen LogP contribution in [0.25, 0.3) is 0 Å². The van der Waals surface area contributed by atoms with E-state index in [0.717, 1.165) is 6.54 Å². The number of rotatable bonds is 4. The number of halogens is 4. The lowest BCUT2D eigenvalue weighted by atomic mass is 9.90. The number of aromatic nitrogens is 2. The molecule has 0 radical (unpaired) electrons. The zero-order valence-electron chi connectivity index (χ0n) is 19.5. The summed E-state index contributed by atoms with van der Waals surface area (Å²) in [7, 11) is 0. The van der Waals surface area contributed by atoms with Crippen LogP contribution < -0.4 is 0 Å². The van der Waals surface area contributed by atoms with Crippen LogP contribution in [-0.4, -0.2) is 63.1 Å². The molecular formula is C22H34ClF3N4O. The van der Waals surface area contributed by atoms with Crippen LogP contribution in [0.4, 0.5) is 13.2 Å². The third kappa shape index (κ3) is 7.04. The molecular weight excluding hydrogens is 429 g/mol. The van der Waals surface area contributed by atoms with Gasteiger partial charge in [0.05, 0.1) is 12.0 Å². The molecule has 0 bridgehead atoms. The van der Waals surface area contributed by atoms with Gasteiger partial charge in [0.25, 0.3) is 5.91 Å². The number of alkyl halides is 3. The number of hydrogen-bond donors (Lipinski definition) is 0. The first-order valence-corrected chi connectivity index (χ1v) is 11.0. The number of piperidine rings is 1. The van der Waals surface area contributed by atoms with E-state index >= 15 is 0 Å². The topological polar surface area (TPSA) is 49.3 Å². The number of nitrogens with zero attached hydrogens (tertiary/aromatic N) is 4. The van der Waals surface area contributed by atoms with E-state index in [9.17, 15) is 18.0 Å². The number of amides is 1. The second-order valence-corrected chi connectivity index (χ2v) is 10.9. The minimum absolute atomic E-state index is 0.0292. The van der Waals surface area contributed by atoms with Crippen LogP contribution in [0.15, 0.2) is 6.20 Å². The lowest BCUT2D eigenvalue weighted by Crippen LogP contribution is -2.57. The summed E-state index contributed by atoms with van der Waals surface area (Å²) >= 11 is 6.30. The smallest absolute Gasteiger partial charge is 0.334 e. The highest BCUT2D eigenvalue weighted by Crippen LogP contribution is 2.30.